The van der Waals surface area contributed by atoms with Crippen molar-refractivity contribution in [1.29, 1.82) is 0 Å². The van der Waals surface area contributed by atoms with Gasteiger partial charge in [0.05, 0.1) is 0 Å². The van der Waals surface area contributed by atoms with E-state index in [4.69, 9.17) is 0 Å². The molecule has 4 unspecified atom stereocenters. The van der Waals surface area contributed by atoms with Crippen LogP contribution in [0.3, 0.4) is 0 Å². The number of hydrogen-bond acceptors (Lipinski definition) is 3. The van der Waals surface area contributed by atoms with E-state index in [2.05, 4.69) is 31.0 Å². The van der Waals surface area contributed by atoms with Gasteiger partial charge in [-0.25, -0.2) is 0 Å². The summed E-state index contributed by atoms with van der Waals surface area (Å²) in [7, 11) is -0.658. The van der Waals surface area contributed by atoms with Crippen molar-refractivity contribution in [2.45, 2.75) is 64.6 Å². The summed E-state index contributed by atoms with van der Waals surface area (Å²) in [5.41, 5.74) is 0. The maximum Gasteiger partial charge on any atom is 0.0246 e. The van der Waals surface area contributed by atoms with Gasteiger partial charge in [-0.3, -0.25) is 9.11 Å². The van der Waals surface area contributed by atoms with Crippen LogP contribution in [0.5, 0.6) is 0 Å². The molecule has 0 saturated carbocycles. The largest absolute Gasteiger partial charge is 0.311 e. The van der Waals surface area contributed by atoms with Gasteiger partial charge in [0.2, 0.25) is 0 Å². The SMILES string of the molecule is CCCC1CN(C(C)CCS(C)=O)C(CC)CN1. The molecule has 0 amide bonds. The smallest absolute Gasteiger partial charge is 0.0246 e. The van der Waals surface area contributed by atoms with Gasteiger partial charge in [-0.05, 0) is 26.2 Å². The third kappa shape index (κ3) is 4.98. The predicted molar refractivity (Wildman–Crippen MR) is 80.5 cm³/mol. The lowest BCUT2D eigenvalue weighted by atomic mass is 10.0. The number of nitrogens with one attached hydrogen (secondary N) is 1. The molecule has 108 valence electrons. The minimum Gasteiger partial charge on any atom is -0.311 e. The maximum atomic E-state index is 11.2. The molecule has 1 heterocycles. The van der Waals surface area contributed by atoms with Crippen molar-refractivity contribution in [1.82, 2.24) is 10.2 Å². The first kappa shape index (κ1) is 16.1. The summed E-state index contributed by atoms with van der Waals surface area (Å²) in [5, 5.41) is 3.67. The quantitative estimate of drug-likeness (QED) is 0.770. The molecule has 0 aliphatic carbocycles. The normalized spacial score (nSPS) is 29.1. The van der Waals surface area contributed by atoms with Crippen LogP contribution in [0.1, 0.15) is 46.5 Å². The van der Waals surface area contributed by atoms with Crippen molar-refractivity contribution in [3.05, 3.63) is 0 Å². The van der Waals surface area contributed by atoms with Crippen LogP contribution < -0.4 is 5.32 Å². The Morgan fingerprint density at radius 2 is 2.17 bits per heavy atom. The fourth-order valence-corrected chi connectivity index (χ4v) is 3.52. The highest BCUT2D eigenvalue weighted by atomic mass is 32.2. The molecule has 0 aromatic carbocycles. The first-order chi connectivity index (χ1) is 8.58. The van der Waals surface area contributed by atoms with Crippen LogP contribution in [-0.2, 0) is 10.8 Å². The molecule has 4 atom stereocenters. The summed E-state index contributed by atoms with van der Waals surface area (Å²) < 4.78 is 11.2. The van der Waals surface area contributed by atoms with Crippen molar-refractivity contribution < 1.29 is 4.21 Å². The average molecular weight is 274 g/mol. The average Bonchev–Trinajstić information content (AvgIpc) is 2.36. The van der Waals surface area contributed by atoms with Crippen LogP contribution in [0.2, 0.25) is 0 Å². The number of hydrogen-bond donors (Lipinski definition) is 1. The molecule has 4 heteroatoms. The molecule has 1 fully saturated rings. The minimum absolute atomic E-state index is 0.556. The molecule has 1 aliphatic rings. The summed E-state index contributed by atoms with van der Waals surface area (Å²) in [6.45, 7) is 9.08. The number of piperazine rings is 1. The maximum absolute atomic E-state index is 11.2. The fourth-order valence-electron chi connectivity index (χ4n) is 2.85. The first-order valence-corrected chi connectivity index (χ1v) is 9.10. The van der Waals surface area contributed by atoms with Gasteiger partial charge in [0.25, 0.3) is 0 Å². The van der Waals surface area contributed by atoms with Gasteiger partial charge < -0.3 is 5.32 Å². The molecular weight excluding hydrogens is 244 g/mol. The Morgan fingerprint density at radius 3 is 2.72 bits per heavy atom. The molecule has 0 radical (unpaired) electrons. The van der Waals surface area contributed by atoms with Crippen molar-refractivity contribution in [3.8, 4) is 0 Å². The summed E-state index contributed by atoms with van der Waals surface area (Å²) in [5.74, 6) is 0.833. The lowest BCUT2D eigenvalue weighted by Gasteiger charge is -2.43. The molecule has 1 saturated heterocycles. The zero-order valence-corrected chi connectivity index (χ0v) is 13.3. The van der Waals surface area contributed by atoms with E-state index >= 15 is 0 Å². The summed E-state index contributed by atoms with van der Waals surface area (Å²) >= 11 is 0. The van der Waals surface area contributed by atoms with Gasteiger partial charge in [0.15, 0.2) is 0 Å². The van der Waals surface area contributed by atoms with Crippen molar-refractivity contribution in [2.75, 3.05) is 25.1 Å². The molecule has 0 aromatic heterocycles. The second-order valence-electron chi connectivity index (χ2n) is 5.57. The Kier molecular flexibility index (Phi) is 7.42. The molecule has 0 spiro atoms. The van der Waals surface area contributed by atoms with Crippen molar-refractivity contribution in [3.63, 3.8) is 0 Å². The third-order valence-electron chi connectivity index (χ3n) is 4.04. The second kappa shape index (κ2) is 8.28. The number of rotatable bonds is 7. The molecule has 18 heavy (non-hydrogen) atoms. The zero-order chi connectivity index (χ0) is 13.5. The van der Waals surface area contributed by atoms with E-state index in [9.17, 15) is 4.21 Å². The molecule has 3 nitrogen and oxygen atoms in total. The Morgan fingerprint density at radius 1 is 1.44 bits per heavy atom. The third-order valence-corrected chi connectivity index (χ3v) is 4.85. The summed E-state index contributed by atoms with van der Waals surface area (Å²) in [4.78, 5) is 2.64. The van der Waals surface area contributed by atoms with E-state index in [0.29, 0.717) is 18.1 Å². The zero-order valence-electron chi connectivity index (χ0n) is 12.4. The van der Waals surface area contributed by atoms with E-state index in [-0.39, 0.29) is 0 Å². The van der Waals surface area contributed by atoms with Crippen LogP contribution in [0.4, 0.5) is 0 Å². The van der Waals surface area contributed by atoms with Crippen LogP contribution in [0.15, 0.2) is 0 Å². The monoisotopic (exact) mass is 274 g/mol. The number of nitrogens with zero attached hydrogens (tertiary/aromatic N) is 1. The highest BCUT2D eigenvalue weighted by Crippen LogP contribution is 2.18. The highest BCUT2D eigenvalue weighted by molar-refractivity contribution is 7.84. The van der Waals surface area contributed by atoms with Gasteiger partial charge in [-0.2, -0.15) is 0 Å². The predicted octanol–water partition coefficient (Wildman–Crippen LogP) is 2.00. The van der Waals surface area contributed by atoms with Crippen LogP contribution in [0, 0.1) is 0 Å². The molecule has 0 bridgehead atoms. The molecule has 1 N–H and O–H groups in total. The van der Waals surface area contributed by atoms with Crippen molar-refractivity contribution in [2.24, 2.45) is 0 Å². The first-order valence-electron chi connectivity index (χ1n) is 7.37. The Labute approximate surface area is 115 Å². The van der Waals surface area contributed by atoms with Gasteiger partial charge >= 0.3 is 0 Å². The van der Waals surface area contributed by atoms with Gasteiger partial charge in [-0.1, -0.05) is 20.3 Å². The fraction of sp³-hybridized carbons (Fsp3) is 1.00. The second-order valence-corrected chi connectivity index (χ2v) is 7.12. The van der Waals surface area contributed by atoms with Gasteiger partial charge in [0, 0.05) is 54.0 Å². The Hall–Kier alpha value is 0.0700. The van der Waals surface area contributed by atoms with E-state index in [1.807, 2.05) is 6.26 Å². The van der Waals surface area contributed by atoms with E-state index < -0.39 is 10.8 Å². The standard InChI is InChI=1S/C14H30N2OS/c1-5-7-13-11-16(14(6-2)10-15-13)12(3)8-9-18(4)17/h12-15H,5-11H2,1-4H3. The van der Waals surface area contributed by atoms with Crippen molar-refractivity contribution >= 4 is 10.8 Å². The highest BCUT2D eigenvalue weighted by Gasteiger charge is 2.29. The van der Waals surface area contributed by atoms with E-state index in [1.54, 1.807) is 0 Å². The lowest BCUT2D eigenvalue weighted by molar-refractivity contribution is 0.0823. The van der Waals surface area contributed by atoms with Gasteiger partial charge in [0.1, 0.15) is 0 Å². The molecule has 1 aliphatic heterocycles. The van der Waals surface area contributed by atoms with Crippen LogP contribution in [-0.4, -0.2) is 52.3 Å². The van der Waals surface area contributed by atoms with E-state index in [1.165, 1.54) is 19.3 Å². The van der Waals surface area contributed by atoms with E-state index in [0.717, 1.165) is 25.3 Å². The lowest BCUT2D eigenvalue weighted by Crippen LogP contribution is -2.58. The molecule has 0 aromatic rings. The Bertz CT molecular complexity index is 260. The summed E-state index contributed by atoms with van der Waals surface area (Å²) in [6, 6.07) is 1.85. The van der Waals surface area contributed by atoms with Crippen LogP contribution in [0.25, 0.3) is 0 Å². The minimum atomic E-state index is -0.658. The molecular formula is C14H30N2OS. The molecule has 1 rings (SSSR count). The van der Waals surface area contributed by atoms with Crippen LogP contribution >= 0.6 is 0 Å². The Balaban J connectivity index is 2.52. The topological polar surface area (TPSA) is 32.3 Å². The van der Waals surface area contributed by atoms with Gasteiger partial charge in [-0.15, -0.1) is 0 Å². The summed E-state index contributed by atoms with van der Waals surface area (Å²) in [6.07, 6.45) is 6.57.